The Morgan fingerprint density at radius 2 is 2.36 bits per heavy atom. The fourth-order valence-corrected chi connectivity index (χ4v) is 0.984. The van der Waals surface area contributed by atoms with E-state index in [0.29, 0.717) is 11.6 Å². The van der Waals surface area contributed by atoms with Crippen LogP contribution in [0.5, 0.6) is 0 Å². The molecule has 0 spiro atoms. The Kier molecular flexibility index (Phi) is 2.46. The van der Waals surface area contributed by atoms with Crippen molar-refractivity contribution in [1.82, 2.24) is 10.3 Å². The smallest absolute Gasteiger partial charge is 0.280 e. The van der Waals surface area contributed by atoms with Crippen LogP contribution in [0, 0.1) is 17.9 Å². The van der Waals surface area contributed by atoms with E-state index in [4.69, 9.17) is 0 Å². The summed E-state index contributed by atoms with van der Waals surface area (Å²) in [4.78, 5) is 15.3. The molecule has 1 aromatic heterocycles. The molecule has 0 aromatic carbocycles. The molecule has 2 rings (SSSR count). The standard InChI is InChI=1S/C11H10N2O/c14-11(10-3-1-2-7-12-10)13-8-6-9-4-5-9/h1-3,7,9H,4-5H2,(H,13,14). The predicted molar refractivity (Wildman–Crippen MR) is 52.2 cm³/mol. The highest BCUT2D eigenvalue weighted by Gasteiger charge is 2.17. The van der Waals surface area contributed by atoms with E-state index in [-0.39, 0.29) is 5.91 Å². The number of rotatable bonds is 1. The summed E-state index contributed by atoms with van der Waals surface area (Å²) in [5.41, 5.74) is 0.401. The van der Waals surface area contributed by atoms with Crippen molar-refractivity contribution in [3.63, 3.8) is 0 Å². The van der Waals surface area contributed by atoms with Crippen molar-refractivity contribution in [3.8, 4) is 12.0 Å². The second kappa shape index (κ2) is 3.93. The average Bonchev–Trinajstić information content (AvgIpc) is 3.03. The summed E-state index contributed by atoms with van der Waals surface area (Å²) in [7, 11) is 0. The second-order valence-corrected chi connectivity index (χ2v) is 3.21. The van der Waals surface area contributed by atoms with Gasteiger partial charge in [-0.25, -0.2) is 0 Å². The monoisotopic (exact) mass is 186 g/mol. The van der Waals surface area contributed by atoms with E-state index in [0.717, 1.165) is 12.8 Å². The topological polar surface area (TPSA) is 42.0 Å². The number of hydrogen-bond acceptors (Lipinski definition) is 2. The van der Waals surface area contributed by atoms with Crippen LogP contribution in [0.15, 0.2) is 24.4 Å². The van der Waals surface area contributed by atoms with Crippen molar-refractivity contribution in [2.75, 3.05) is 0 Å². The SMILES string of the molecule is O=C(NC#CC1CC1)c1ccccn1. The van der Waals surface area contributed by atoms with Crippen LogP contribution in [-0.4, -0.2) is 10.9 Å². The lowest BCUT2D eigenvalue weighted by atomic mass is 10.3. The Morgan fingerprint density at radius 1 is 1.50 bits per heavy atom. The summed E-state index contributed by atoms with van der Waals surface area (Å²) in [6, 6.07) is 7.86. The van der Waals surface area contributed by atoms with E-state index in [1.165, 1.54) is 0 Å². The first kappa shape index (κ1) is 8.76. The number of pyridine rings is 1. The molecule has 3 nitrogen and oxygen atoms in total. The number of hydrogen-bond donors (Lipinski definition) is 1. The molecule has 1 amide bonds. The molecule has 1 fully saturated rings. The van der Waals surface area contributed by atoms with Gasteiger partial charge in [-0.05, 0) is 25.0 Å². The Labute approximate surface area is 82.5 Å². The van der Waals surface area contributed by atoms with Crippen molar-refractivity contribution in [1.29, 1.82) is 0 Å². The molecule has 0 radical (unpaired) electrons. The first-order valence-corrected chi connectivity index (χ1v) is 4.58. The van der Waals surface area contributed by atoms with Crippen molar-refractivity contribution >= 4 is 5.91 Å². The molecule has 0 aliphatic heterocycles. The minimum Gasteiger partial charge on any atom is -0.280 e. The molecular weight excluding hydrogens is 176 g/mol. The van der Waals surface area contributed by atoms with Gasteiger partial charge in [-0.1, -0.05) is 12.0 Å². The second-order valence-electron chi connectivity index (χ2n) is 3.21. The predicted octanol–water partition coefficient (Wildman–Crippen LogP) is 1.18. The number of carbonyl (C=O) groups excluding carboxylic acids is 1. The average molecular weight is 186 g/mol. The minimum atomic E-state index is -0.237. The molecule has 1 aliphatic rings. The Hall–Kier alpha value is -1.82. The normalized spacial score (nSPS) is 14.0. The van der Waals surface area contributed by atoms with Crippen molar-refractivity contribution in [2.24, 2.45) is 5.92 Å². The molecule has 1 heterocycles. The van der Waals surface area contributed by atoms with Gasteiger partial charge in [0, 0.05) is 18.2 Å². The quantitative estimate of drug-likeness (QED) is 0.528. The largest absolute Gasteiger partial charge is 0.281 e. The molecule has 0 saturated heterocycles. The lowest BCUT2D eigenvalue weighted by Crippen LogP contribution is -2.18. The van der Waals surface area contributed by atoms with Gasteiger partial charge in [0.1, 0.15) is 5.69 Å². The molecule has 1 N–H and O–H groups in total. The fourth-order valence-electron chi connectivity index (χ4n) is 0.984. The Balaban J connectivity index is 1.93. The molecule has 1 aliphatic carbocycles. The molecule has 0 atom stereocenters. The lowest BCUT2D eigenvalue weighted by Gasteiger charge is -1.94. The molecule has 0 bridgehead atoms. The van der Waals surface area contributed by atoms with Crippen LogP contribution >= 0.6 is 0 Å². The van der Waals surface area contributed by atoms with Gasteiger partial charge in [-0.2, -0.15) is 0 Å². The first-order chi connectivity index (χ1) is 6.86. The third-order valence-electron chi connectivity index (χ3n) is 1.93. The minimum absolute atomic E-state index is 0.237. The van der Waals surface area contributed by atoms with Crippen LogP contribution in [0.25, 0.3) is 0 Å². The van der Waals surface area contributed by atoms with Gasteiger partial charge in [0.2, 0.25) is 0 Å². The highest BCUT2D eigenvalue weighted by molar-refractivity contribution is 5.93. The molecular formula is C11H10N2O. The van der Waals surface area contributed by atoms with E-state index >= 15 is 0 Å². The number of aromatic nitrogens is 1. The van der Waals surface area contributed by atoms with Crippen LogP contribution in [0.1, 0.15) is 23.3 Å². The van der Waals surface area contributed by atoms with Gasteiger partial charge in [0.05, 0.1) is 0 Å². The number of nitrogens with zero attached hydrogens (tertiary/aromatic N) is 1. The summed E-state index contributed by atoms with van der Waals surface area (Å²) >= 11 is 0. The Bertz CT molecular complexity index is 385. The van der Waals surface area contributed by atoms with Crippen LogP contribution in [-0.2, 0) is 0 Å². The van der Waals surface area contributed by atoms with Crippen molar-refractivity contribution in [3.05, 3.63) is 30.1 Å². The van der Waals surface area contributed by atoms with Gasteiger partial charge in [0.25, 0.3) is 5.91 Å². The van der Waals surface area contributed by atoms with Crippen LogP contribution < -0.4 is 5.32 Å². The van der Waals surface area contributed by atoms with E-state index in [1.54, 1.807) is 24.4 Å². The summed E-state index contributed by atoms with van der Waals surface area (Å²) in [6.45, 7) is 0. The van der Waals surface area contributed by atoms with Crippen LogP contribution in [0.4, 0.5) is 0 Å². The molecule has 14 heavy (non-hydrogen) atoms. The van der Waals surface area contributed by atoms with Gasteiger partial charge in [-0.3, -0.25) is 15.1 Å². The van der Waals surface area contributed by atoms with Crippen molar-refractivity contribution < 1.29 is 4.79 Å². The zero-order chi connectivity index (χ0) is 9.80. The maximum absolute atomic E-state index is 11.4. The van der Waals surface area contributed by atoms with E-state index in [9.17, 15) is 4.79 Å². The summed E-state index contributed by atoms with van der Waals surface area (Å²) < 4.78 is 0. The van der Waals surface area contributed by atoms with Gasteiger partial charge < -0.3 is 0 Å². The Morgan fingerprint density at radius 3 is 3.00 bits per heavy atom. The van der Waals surface area contributed by atoms with Crippen LogP contribution in [0.3, 0.4) is 0 Å². The molecule has 70 valence electrons. The third kappa shape index (κ3) is 2.33. The molecule has 1 saturated carbocycles. The highest BCUT2D eigenvalue weighted by atomic mass is 16.1. The third-order valence-corrected chi connectivity index (χ3v) is 1.93. The molecule has 3 heteroatoms. The number of carbonyl (C=O) groups is 1. The molecule has 0 unspecified atom stereocenters. The maximum Gasteiger partial charge on any atom is 0.281 e. The van der Waals surface area contributed by atoms with Crippen LogP contribution in [0.2, 0.25) is 0 Å². The zero-order valence-corrected chi connectivity index (χ0v) is 7.66. The highest BCUT2D eigenvalue weighted by Crippen LogP contribution is 2.27. The maximum atomic E-state index is 11.4. The van der Waals surface area contributed by atoms with E-state index in [2.05, 4.69) is 22.3 Å². The lowest BCUT2D eigenvalue weighted by molar-refractivity contribution is 0.0968. The van der Waals surface area contributed by atoms with E-state index < -0.39 is 0 Å². The summed E-state index contributed by atoms with van der Waals surface area (Å²) in [6.07, 6.45) is 3.90. The number of nitrogens with one attached hydrogen (secondary N) is 1. The summed E-state index contributed by atoms with van der Waals surface area (Å²) in [5.74, 6) is 3.21. The van der Waals surface area contributed by atoms with Crippen molar-refractivity contribution in [2.45, 2.75) is 12.8 Å². The first-order valence-electron chi connectivity index (χ1n) is 4.58. The van der Waals surface area contributed by atoms with Gasteiger partial charge >= 0.3 is 0 Å². The van der Waals surface area contributed by atoms with Gasteiger partial charge in [-0.15, -0.1) is 0 Å². The molecule has 1 aromatic rings. The number of amides is 1. The summed E-state index contributed by atoms with van der Waals surface area (Å²) in [5, 5.41) is 2.51. The fraction of sp³-hybridized carbons (Fsp3) is 0.273. The van der Waals surface area contributed by atoms with Gasteiger partial charge in [0.15, 0.2) is 0 Å². The van der Waals surface area contributed by atoms with E-state index in [1.807, 2.05) is 0 Å². The zero-order valence-electron chi connectivity index (χ0n) is 7.66.